The van der Waals surface area contributed by atoms with Crippen molar-refractivity contribution in [3.05, 3.63) is 28.3 Å². The van der Waals surface area contributed by atoms with Crippen LogP contribution in [0.2, 0.25) is 0 Å². The van der Waals surface area contributed by atoms with Crippen molar-refractivity contribution in [2.45, 2.75) is 37.6 Å². The smallest absolute Gasteiger partial charge is 0.293 e. The van der Waals surface area contributed by atoms with Gasteiger partial charge in [-0.1, -0.05) is 0 Å². The van der Waals surface area contributed by atoms with Crippen molar-refractivity contribution in [2.24, 2.45) is 5.92 Å². The zero-order chi connectivity index (χ0) is 17.9. The number of nitro groups is 1. The largest absolute Gasteiger partial charge is 0.396 e. The Morgan fingerprint density at radius 1 is 1.46 bits per heavy atom. The molecule has 1 fully saturated rings. The Hall–Kier alpha value is -1.71. The summed E-state index contributed by atoms with van der Waals surface area (Å²) < 4.78 is 26.9. The lowest BCUT2D eigenvalue weighted by Crippen LogP contribution is -2.37. The SMILES string of the molecule is CC(C)NS(=O)(=O)c1ccc(N2CCC[C@H](CO)C2)c([N+](=O)[O-])c1. The van der Waals surface area contributed by atoms with Crippen LogP contribution >= 0.6 is 0 Å². The van der Waals surface area contributed by atoms with E-state index in [1.165, 1.54) is 12.1 Å². The molecule has 0 unspecified atom stereocenters. The fourth-order valence-electron chi connectivity index (χ4n) is 2.90. The van der Waals surface area contributed by atoms with E-state index in [4.69, 9.17) is 0 Å². The van der Waals surface area contributed by atoms with Crippen LogP contribution in [0.1, 0.15) is 26.7 Å². The summed E-state index contributed by atoms with van der Waals surface area (Å²) in [6, 6.07) is 3.66. The lowest BCUT2D eigenvalue weighted by molar-refractivity contribution is -0.384. The van der Waals surface area contributed by atoms with Gasteiger partial charge in [0.05, 0.1) is 9.82 Å². The molecule has 1 aliphatic rings. The average molecular weight is 357 g/mol. The molecule has 0 bridgehead atoms. The minimum Gasteiger partial charge on any atom is -0.396 e. The van der Waals surface area contributed by atoms with E-state index in [2.05, 4.69) is 4.72 Å². The van der Waals surface area contributed by atoms with Gasteiger partial charge in [-0.15, -0.1) is 0 Å². The summed E-state index contributed by atoms with van der Waals surface area (Å²) in [6.07, 6.45) is 1.71. The van der Waals surface area contributed by atoms with E-state index in [0.29, 0.717) is 18.8 Å². The molecule has 1 aromatic rings. The molecule has 0 saturated carbocycles. The number of hydrogen-bond acceptors (Lipinski definition) is 6. The molecule has 8 nitrogen and oxygen atoms in total. The number of rotatable bonds is 6. The molecule has 0 radical (unpaired) electrons. The van der Waals surface area contributed by atoms with Crippen LogP contribution in [-0.2, 0) is 10.0 Å². The van der Waals surface area contributed by atoms with Crippen LogP contribution in [0.5, 0.6) is 0 Å². The van der Waals surface area contributed by atoms with Crippen LogP contribution in [0.3, 0.4) is 0 Å². The van der Waals surface area contributed by atoms with Crippen molar-refractivity contribution >= 4 is 21.4 Å². The number of aliphatic hydroxyl groups excluding tert-OH is 1. The summed E-state index contributed by atoms with van der Waals surface area (Å²) >= 11 is 0. The van der Waals surface area contributed by atoms with E-state index >= 15 is 0 Å². The van der Waals surface area contributed by atoms with Gasteiger partial charge in [0.1, 0.15) is 5.69 Å². The van der Waals surface area contributed by atoms with Crippen LogP contribution in [0.25, 0.3) is 0 Å². The number of anilines is 1. The predicted molar refractivity (Wildman–Crippen MR) is 90.6 cm³/mol. The van der Waals surface area contributed by atoms with Gasteiger partial charge in [-0.3, -0.25) is 10.1 Å². The van der Waals surface area contributed by atoms with Gasteiger partial charge in [-0.2, -0.15) is 0 Å². The van der Waals surface area contributed by atoms with Crippen LogP contribution in [0.15, 0.2) is 23.1 Å². The van der Waals surface area contributed by atoms with Crippen LogP contribution in [-0.4, -0.2) is 44.2 Å². The van der Waals surface area contributed by atoms with Crippen molar-refractivity contribution in [1.29, 1.82) is 0 Å². The molecule has 0 spiro atoms. The van der Waals surface area contributed by atoms with E-state index in [1.54, 1.807) is 13.8 Å². The molecule has 1 heterocycles. The number of piperidine rings is 1. The van der Waals surface area contributed by atoms with Crippen molar-refractivity contribution in [3.63, 3.8) is 0 Å². The number of hydrogen-bond donors (Lipinski definition) is 2. The molecule has 1 aromatic carbocycles. The lowest BCUT2D eigenvalue weighted by atomic mass is 9.98. The molecule has 1 atom stereocenters. The van der Waals surface area contributed by atoms with Crippen molar-refractivity contribution in [2.75, 3.05) is 24.6 Å². The second-order valence-corrected chi connectivity index (χ2v) is 8.03. The molecule has 0 amide bonds. The number of nitro benzene ring substituents is 1. The fourth-order valence-corrected chi connectivity index (χ4v) is 4.17. The highest BCUT2D eigenvalue weighted by molar-refractivity contribution is 7.89. The van der Waals surface area contributed by atoms with Crippen molar-refractivity contribution in [1.82, 2.24) is 4.72 Å². The molecule has 0 aromatic heterocycles. The van der Waals surface area contributed by atoms with Gasteiger partial charge in [-0.25, -0.2) is 13.1 Å². The Morgan fingerprint density at radius 3 is 2.75 bits per heavy atom. The number of benzene rings is 1. The molecule has 2 rings (SSSR count). The highest BCUT2D eigenvalue weighted by Gasteiger charge is 2.27. The fraction of sp³-hybridized carbons (Fsp3) is 0.600. The standard InChI is InChI=1S/C15H23N3O5S/c1-11(2)16-24(22,23)13-5-6-14(15(8-13)18(20)21)17-7-3-4-12(9-17)10-19/h5-6,8,11-12,16,19H,3-4,7,9-10H2,1-2H3/t12-/m0/s1. The summed E-state index contributed by atoms with van der Waals surface area (Å²) in [4.78, 5) is 12.6. The van der Waals surface area contributed by atoms with Gasteiger partial charge in [0, 0.05) is 31.8 Å². The number of sulfonamides is 1. The molecular weight excluding hydrogens is 334 g/mol. The summed E-state index contributed by atoms with van der Waals surface area (Å²) in [6.45, 7) is 4.57. The molecule has 2 N–H and O–H groups in total. The maximum Gasteiger partial charge on any atom is 0.293 e. The van der Waals surface area contributed by atoms with Crippen molar-refractivity contribution < 1.29 is 18.4 Å². The average Bonchev–Trinajstić information content (AvgIpc) is 2.53. The van der Waals surface area contributed by atoms with Gasteiger partial charge >= 0.3 is 0 Å². The minimum atomic E-state index is -3.79. The second kappa shape index (κ2) is 7.45. The maximum atomic E-state index is 12.2. The maximum absolute atomic E-state index is 12.2. The van der Waals surface area contributed by atoms with Gasteiger partial charge < -0.3 is 10.0 Å². The third-order valence-electron chi connectivity index (χ3n) is 3.96. The highest BCUT2D eigenvalue weighted by atomic mass is 32.2. The topological polar surface area (TPSA) is 113 Å². The van der Waals surface area contributed by atoms with E-state index < -0.39 is 14.9 Å². The quantitative estimate of drug-likeness (QED) is 0.589. The number of nitrogens with one attached hydrogen (secondary N) is 1. The second-order valence-electron chi connectivity index (χ2n) is 6.32. The Bertz CT molecular complexity index is 705. The number of aliphatic hydroxyl groups is 1. The predicted octanol–water partition coefficient (Wildman–Crippen LogP) is 1.49. The normalized spacial score (nSPS) is 18.8. The highest BCUT2D eigenvalue weighted by Crippen LogP contribution is 2.33. The van der Waals surface area contributed by atoms with E-state index in [0.717, 1.165) is 18.9 Å². The van der Waals surface area contributed by atoms with Gasteiger partial charge in [0.2, 0.25) is 10.0 Å². The first-order valence-corrected chi connectivity index (χ1v) is 9.39. The first-order chi connectivity index (χ1) is 11.2. The Kier molecular flexibility index (Phi) is 5.79. The van der Waals surface area contributed by atoms with Crippen LogP contribution in [0.4, 0.5) is 11.4 Å². The minimum absolute atomic E-state index is 0.0368. The monoisotopic (exact) mass is 357 g/mol. The van der Waals surface area contributed by atoms with E-state index in [-0.39, 0.29) is 29.1 Å². The van der Waals surface area contributed by atoms with E-state index in [9.17, 15) is 23.6 Å². The van der Waals surface area contributed by atoms with Gasteiger partial charge in [-0.05, 0) is 44.7 Å². The summed E-state index contributed by atoms with van der Waals surface area (Å²) in [5.41, 5.74) is 0.155. The Labute approximate surface area is 141 Å². The first kappa shape index (κ1) is 18.6. The zero-order valence-electron chi connectivity index (χ0n) is 13.8. The molecule has 1 saturated heterocycles. The zero-order valence-corrected chi connectivity index (χ0v) is 14.6. The van der Waals surface area contributed by atoms with Crippen molar-refractivity contribution in [3.8, 4) is 0 Å². The molecule has 9 heteroatoms. The Morgan fingerprint density at radius 2 is 2.17 bits per heavy atom. The van der Waals surface area contributed by atoms with E-state index in [1.807, 2.05) is 4.90 Å². The van der Waals surface area contributed by atoms with Crippen LogP contribution in [0, 0.1) is 16.0 Å². The third-order valence-corrected chi connectivity index (χ3v) is 5.62. The van der Waals surface area contributed by atoms with Crippen LogP contribution < -0.4 is 9.62 Å². The Balaban J connectivity index is 2.39. The molecule has 24 heavy (non-hydrogen) atoms. The third kappa shape index (κ3) is 4.22. The van der Waals surface area contributed by atoms with Gasteiger partial charge in [0.15, 0.2) is 0 Å². The summed E-state index contributed by atoms with van der Waals surface area (Å²) in [5, 5.41) is 20.8. The molecule has 0 aliphatic carbocycles. The molecule has 134 valence electrons. The van der Waals surface area contributed by atoms with Gasteiger partial charge in [0.25, 0.3) is 5.69 Å². The lowest BCUT2D eigenvalue weighted by Gasteiger charge is -2.33. The molecule has 1 aliphatic heterocycles. The number of nitrogens with zero attached hydrogens (tertiary/aromatic N) is 2. The summed E-state index contributed by atoms with van der Waals surface area (Å²) in [7, 11) is -3.79. The molecular formula is C15H23N3O5S. The summed E-state index contributed by atoms with van der Waals surface area (Å²) in [5.74, 6) is 0.0735. The first-order valence-electron chi connectivity index (χ1n) is 7.91.